The molecule has 0 heterocycles. The van der Waals surface area contributed by atoms with Crippen LogP contribution in [0.4, 0.5) is 0 Å². The van der Waals surface area contributed by atoms with Gasteiger partial charge in [-0.1, -0.05) is 217 Å². The van der Waals surface area contributed by atoms with Crippen LogP contribution in [0.5, 0.6) is 0 Å². The molecule has 0 radical (unpaired) electrons. The maximum Gasteiger partial charge on any atom is 0.472 e. The molecule has 366 valence electrons. The number of rotatable bonds is 51. The molecule has 3 N–H and O–H groups in total. The number of hydrogen-bond acceptors (Lipinski definition) is 7. The fourth-order valence-electron chi connectivity index (χ4n) is 7.61. The van der Waals surface area contributed by atoms with Gasteiger partial charge in [-0.25, -0.2) is 4.57 Å². The summed E-state index contributed by atoms with van der Waals surface area (Å²) in [4.78, 5) is 22.6. The highest BCUT2D eigenvalue weighted by atomic mass is 31.2. The maximum atomic E-state index is 12.7. The summed E-state index contributed by atoms with van der Waals surface area (Å²) >= 11 is 0. The van der Waals surface area contributed by atoms with Crippen molar-refractivity contribution in [2.24, 2.45) is 5.73 Å². The van der Waals surface area contributed by atoms with E-state index in [4.69, 9.17) is 24.3 Å². The van der Waals surface area contributed by atoms with Crippen molar-refractivity contribution in [2.45, 2.75) is 264 Å². The molecule has 0 spiro atoms. The SMILES string of the molecule is CCCCCCC/C=C\C/C=C\CCCCCCCCCCCC(=O)OC(COCCCCCCCCCCCC/C=C\CCCCCCCCCC)COP(=O)(O)OCCN. The molecule has 0 aliphatic rings. The first kappa shape index (κ1) is 60.7. The Hall–Kier alpha value is -1.28. The molecule has 0 amide bonds. The van der Waals surface area contributed by atoms with Gasteiger partial charge in [-0.2, -0.15) is 0 Å². The van der Waals surface area contributed by atoms with E-state index in [1.54, 1.807) is 0 Å². The van der Waals surface area contributed by atoms with E-state index in [1.807, 2.05) is 0 Å². The first-order valence-electron chi connectivity index (χ1n) is 26.5. The highest BCUT2D eigenvalue weighted by Gasteiger charge is 2.25. The van der Waals surface area contributed by atoms with Gasteiger partial charge in [-0.3, -0.25) is 13.8 Å². The van der Waals surface area contributed by atoms with Crippen LogP contribution in [0.2, 0.25) is 0 Å². The summed E-state index contributed by atoms with van der Waals surface area (Å²) in [5.74, 6) is -0.332. The molecule has 0 fully saturated rings. The second-order valence-electron chi connectivity index (χ2n) is 17.7. The highest BCUT2D eigenvalue weighted by Crippen LogP contribution is 2.43. The van der Waals surface area contributed by atoms with Crippen LogP contribution in [0.1, 0.15) is 258 Å². The van der Waals surface area contributed by atoms with Gasteiger partial charge in [-0.15, -0.1) is 0 Å². The van der Waals surface area contributed by atoms with Gasteiger partial charge >= 0.3 is 13.8 Å². The highest BCUT2D eigenvalue weighted by molar-refractivity contribution is 7.47. The summed E-state index contributed by atoms with van der Waals surface area (Å²) in [6.45, 7) is 4.95. The molecule has 0 aliphatic heterocycles. The third-order valence-electron chi connectivity index (χ3n) is 11.5. The van der Waals surface area contributed by atoms with Crippen LogP contribution in [0, 0.1) is 0 Å². The number of carbonyl (C=O) groups excluding carboxylic acids is 1. The Kier molecular flexibility index (Phi) is 49.7. The van der Waals surface area contributed by atoms with Crippen LogP contribution in [-0.4, -0.2) is 49.9 Å². The van der Waals surface area contributed by atoms with Crippen molar-refractivity contribution < 1.29 is 32.8 Å². The summed E-state index contributed by atoms with van der Waals surface area (Å²) in [5, 5.41) is 0. The molecule has 8 nitrogen and oxygen atoms in total. The molecule has 9 heteroatoms. The Labute approximate surface area is 384 Å². The molecule has 0 saturated carbocycles. The lowest BCUT2D eigenvalue weighted by Crippen LogP contribution is -2.28. The molecule has 2 unspecified atom stereocenters. The first-order valence-corrected chi connectivity index (χ1v) is 28.0. The van der Waals surface area contributed by atoms with Crippen LogP contribution in [0.15, 0.2) is 36.5 Å². The van der Waals surface area contributed by atoms with Crippen molar-refractivity contribution in [2.75, 3.05) is 33.0 Å². The molecule has 0 aromatic rings. The zero-order chi connectivity index (χ0) is 45.1. The minimum atomic E-state index is -4.28. The Morgan fingerprint density at radius 3 is 1.27 bits per heavy atom. The summed E-state index contributed by atoms with van der Waals surface area (Å²) in [7, 11) is -4.28. The van der Waals surface area contributed by atoms with Crippen molar-refractivity contribution in [3.8, 4) is 0 Å². The minimum Gasteiger partial charge on any atom is -0.457 e. The van der Waals surface area contributed by atoms with E-state index in [0.717, 1.165) is 38.5 Å². The van der Waals surface area contributed by atoms with Crippen LogP contribution in [-0.2, 0) is 27.9 Å². The van der Waals surface area contributed by atoms with Crippen molar-refractivity contribution >= 4 is 13.8 Å². The number of allylic oxidation sites excluding steroid dienone is 6. The fourth-order valence-corrected chi connectivity index (χ4v) is 8.38. The number of unbranched alkanes of at least 4 members (excludes halogenated alkanes) is 32. The van der Waals surface area contributed by atoms with E-state index in [0.29, 0.717) is 13.0 Å². The van der Waals surface area contributed by atoms with Gasteiger partial charge in [0.1, 0.15) is 6.10 Å². The van der Waals surface area contributed by atoms with Crippen molar-refractivity contribution in [3.63, 3.8) is 0 Å². The lowest BCUT2D eigenvalue weighted by atomic mass is 10.1. The lowest BCUT2D eigenvalue weighted by Gasteiger charge is -2.20. The van der Waals surface area contributed by atoms with Gasteiger partial charge < -0.3 is 20.1 Å². The number of phosphoric acid groups is 1. The van der Waals surface area contributed by atoms with Crippen molar-refractivity contribution in [1.29, 1.82) is 0 Å². The number of ether oxygens (including phenoxy) is 2. The molecule has 0 saturated heterocycles. The predicted molar refractivity (Wildman–Crippen MR) is 266 cm³/mol. The molecule has 0 rings (SSSR count). The Morgan fingerprint density at radius 1 is 0.484 bits per heavy atom. The normalized spacial score (nSPS) is 13.5. The summed E-state index contributed by atoms with van der Waals surface area (Å²) in [6, 6.07) is 0. The molecular weight excluding hydrogens is 794 g/mol. The minimum absolute atomic E-state index is 0.0959. The standard InChI is InChI=1S/C53H102NO7P/c1-3-5-7-9-11-13-15-17-19-21-23-25-27-29-31-33-35-37-39-41-43-45-48-58-50-52(51-60-62(56,57)59-49-47-54)61-53(55)46-44-42-40-38-36-34-32-30-28-26-24-22-20-18-16-14-12-10-8-6-4-2/h16,18,21-24,52H,3-15,17,19-20,25-51,54H2,1-2H3,(H,56,57)/b18-16-,23-21-,24-22-. The van der Waals surface area contributed by atoms with Crippen LogP contribution >= 0.6 is 7.82 Å². The Morgan fingerprint density at radius 2 is 0.855 bits per heavy atom. The van der Waals surface area contributed by atoms with E-state index in [1.165, 1.54) is 199 Å². The van der Waals surface area contributed by atoms with Gasteiger partial charge in [0.05, 0.1) is 19.8 Å². The molecular formula is C53H102NO7P. The molecule has 2 atom stereocenters. The van der Waals surface area contributed by atoms with Crippen LogP contribution in [0.25, 0.3) is 0 Å². The Bertz CT molecular complexity index is 1050. The number of nitrogens with two attached hydrogens (primary N) is 1. The molecule has 0 aliphatic carbocycles. The van der Waals surface area contributed by atoms with E-state index in [9.17, 15) is 14.3 Å². The molecule has 62 heavy (non-hydrogen) atoms. The number of phosphoric ester groups is 1. The Balaban J connectivity index is 3.92. The number of hydrogen-bond donors (Lipinski definition) is 2. The lowest BCUT2D eigenvalue weighted by molar-refractivity contribution is -0.154. The largest absolute Gasteiger partial charge is 0.472 e. The molecule has 0 aromatic heterocycles. The molecule has 0 aromatic carbocycles. The zero-order valence-corrected chi connectivity index (χ0v) is 41.8. The average molecular weight is 896 g/mol. The maximum absolute atomic E-state index is 12.7. The van der Waals surface area contributed by atoms with Crippen LogP contribution < -0.4 is 5.73 Å². The average Bonchev–Trinajstić information content (AvgIpc) is 3.26. The van der Waals surface area contributed by atoms with Crippen molar-refractivity contribution in [1.82, 2.24) is 0 Å². The third kappa shape index (κ3) is 49.7. The third-order valence-corrected chi connectivity index (χ3v) is 12.5. The fraction of sp³-hybridized carbons (Fsp3) is 0.868. The zero-order valence-electron chi connectivity index (χ0n) is 40.9. The van der Waals surface area contributed by atoms with Crippen molar-refractivity contribution in [3.05, 3.63) is 36.5 Å². The van der Waals surface area contributed by atoms with Gasteiger partial charge in [-0.05, 0) is 70.6 Å². The van der Waals surface area contributed by atoms with E-state index >= 15 is 0 Å². The number of carbonyl (C=O) groups is 1. The second kappa shape index (κ2) is 50.7. The summed E-state index contributed by atoms with van der Waals surface area (Å²) in [5.41, 5.74) is 5.39. The summed E-state index contributed by atoms with van der Waals surface area (Å²) in [6.07, 6.45) is 60.4. The van der Waals surface area contributed by atoms with Crippen LogP contribution in [0.3, 0.4) is 0 Å². The van der Waals surface area contributed by atoms with E-state index in [2.05, 4.69) is 50.3 Å². The molecule has 0 bridgehead atoms. The quantitative estimate of drug-likeness (QED) is 0.0268. The predicted octanol–water partition coefficient (Wildman–Crippen LogP) is 16.5. The van der Waals surface area contributed by atoms with Gasteiger partial charge in [0.2, 0.25) is 0 Å². The van der Waals surface area contributed by atoms with Gasteiger partial charge in [0.25, 0.3) is 0 Å². The van der Waals surface area contributed by atoms with E-state index < -0.39 is 13.9 Å². The first-order chi connectivity index (χ1) is 30.4. The van der Waals surface area contributed by atoms with Gasteiger partial charge in [0, 0.05) is 19.6 Å². The topological polar surface area (TPSA) is 117 Å². The second-order valence-corrected chi connectivity index (χ2v) is 19.2. The smallest absolute Gasteiger partial charge is 0.457 e. The van der Waals surface area contributed by atoms with E-state index in [-0.39, 0.29) is 32.3 Å². The van der Waals surface area contributed by atoms with Gasteiger partial charge in [0.15, 0.2) is 0 Å². The monoisotopic (exact) mass is 896 g/mol. The summed E-state index contributed by atoms with van der Waals surface area (Å²) < 4.78 is 33.6. The number of esters is 1.